The second-order valence-corrected chi connectivity index (χ2v) is 6.05. The van der Waals surface area contributed by atoms with Gasteiger partial charge < -0.3 is 4.57 Å². The molecule has 1 aliphatic carbocycles. The predicted molar refractivity (Wildman–Crippen MR) is 82.0 cm³/mol. The predicted octanol–water partition coefficient (Wildman–Crippen LogP) is 4.92. The zero-order valence-corrected chi connectivity index (χ0v) is 12.7. The molecule has 1 unspecified atom stereocenters. The third-order valence-corrected chi connectivity index (χ3v) is 4.53. The Hall–Kier alpha value is -1.25. The smallest absolute Gasteiger partial charge is 0.164 e. The van der Waals surface area contributed by atoms with Gasteiger partial charge in [0.1, 0.15) is 0 Å². The highest BCUT2D eigenvalue weighted by atomic mass is 35.5. The van der Waals surface area contributed by atoms with E-state index in [-0.39, 0.29) is 11.8 Å². The lowest BCUT2D eigenvalue weighted by atomic mass is 9.96. The van der Waals surface area contributed by atoms with E-state index in [1.54, 1.807) is 6.07 Å². The SMILES string of the molecule is CC(c1ccc(Cl)cc1Cl)n1ccc2c1CCCC2=O. The molecule has 2 aromatic rings. The molecule has 0 bridgehead atoms. The Morgan fingerprint density at radius 2 is 2.00 bits per heavy atom. The summed E-state index contributed by atoms with van der Waals surface area (Å²) in [6.07, 6.45) is 4.52. The fourth-order valence-electron chi connectivity index (χ4n) is 2.90. The molecule has 0 N–H and O–H groups in total. The molecular weight excluding hydrogens is 293 g/mol. The first-order chi connectivity index (χ1) is 9.58. The first kappa shape index (κ1) is 13.7. The number of hydrogen-bond donors (Lipinski definition) is 0. The Morgan fingerprint density at radius 3 is 2.75 bits per heavy atom. The number of carbonyl (C=O) groups is 1. The minimum absolute atomic E-state index is 0.0921. The monoisotopic (exact) mass is 307 g/mol. The standard InChI is InChI=1S/C16H15Cl2NO/c1-10(12-6-5-11(17)9-14(12)18)19-8-7-13-15(19)3-2-4-16(13)20/h5-10H,2-4H2,1H3. The summed E-state index contributed by atoms with van der Waals surface area (Å²) < 4.78 is 2.15. The number of ketones is 1. The van der Waals surface area contributed by atoms with Gasteiger partial charge in [-0.1, -0.05) is 29.3 Å². The average molecular weight is 308 g/mol. The summed E-state index contributed by atoms with van der Waals surface area (Å²) in [6, 6.07) is 7.58. The van der Waals surface area contributed by atoms with Crippen molar-refractivity contribution in [3.05, 3.63) is 57.3 Å². The van der Waals surface area contributed by atoms with Gasteiger partial charge in [0, 0.05) is 33.9 Å². The molecule has 20 heavy (non-hydrogen) atoms. The fraction of sp³-hybridized carbons (Fsp3) is 0.312. The van der Waals surface area contributed by atoms with Crippen LogP contribution in [0.3, 0.4) is 0 Å². The van der Waals surface area contributed by atoms with Crippen LogP contribution in [0.2, 0.25) is 10.0 Å². The maximum atomic E-state index is 11.9. The van der Waals surface area contributed by atoms with Crippen molar-refractivity contribution in [1.29, 1.82) is 0 Å². The Labute approximate surface area is 128 Å². The first-order valence-corrected chi connectivity index (χ1v) is 7.51. The summed E-state index contributed by atoms with van der Waals surface area (Å²) >= 11 is 12.2. The van der Waals surface area contributed by atoms with Crippen molar-refractivity contribution in [3.63, 3.8) is 0 Å². The third kappa shape index (κ3) is 2.27. The normalized spacial score (nSPS) is 16.1. The summed E-state index contributed by atoms with van der Waals surface area (Å²) in [7, 11) is 0. The van der Waals surface area contributed by atoms with E-state index in [1.165, 1.54) is 0 Å². The molecule has 0 saturated heterocycles. The molecule has 0 radical (unpaired) electrons. The molecule has 1 aromatic heterocycles. The second kappa shape index (κ2) is 5.27. The van der Waals surface area contributed by atoms with Gasteiger partial charge in [0.25, 0.3) is 0 Å². The Morgan fingerprint density at radius 1 is 1.20 bits per heavy atom. The topological polar surface area (TPSA) is 22.0 Å². The summed E-state index contributed by atoms with van der Waals surface area (Å²) in [5.74, 6) is 0.249. The number of aromatic nitrogens is 1. The highest BCUT2D eigenvalue weighted by Gasteiger charge is 2.23. The van der Waals surface area contributed by atoms with Gasteiger partial charge in [0.2, 0.25) is 0 Å². The average Bonchev–Trinajstić information content (AvgIpc) is 2.83. The molecule has 1 heterocycles. The maximum absolute atomic E-state index is 11.9. The second-order valence-electron chi connectivity index (χ2n) is 5.20. The number of Topliss-reactive ketones (excluding diaryl/α,β-unsaturated/α-hetero) is 1. The van der Waals surface area contributed by atoms with Crippen molar-refractivity contribution in [2.24, 2.45) is 0 Å². The van der Waals surface area contributed by atoms with E-state index in [0.29, 0.717) is 16.5 Å². The Bertz CT molecular complexity index is 675. The van der Waals surface area contributed by atoms with Crippen molar-refractivity contribution < 1.29 is 4.79 Å². The van der Waals surface area contributed by atoms with E-state index >= 15 is 0 Å². The fourth-order valence-corrected chi connectivity index (χ4v) is 3.47. The lowest BCUT2D eigenvalue weighted by Crippen LogP contribution is -2.16. The van der Waals surface area contributed by atoms with E-state index in [9.17, 15) is 4.79 Å². The third-order valence-electron chi connectivity index (χ3n) is 3.97. The molecule has 2 nitrogen and oxygen atoms in total. The van der Waals surface area contributed by atoms with Crippen molar-refractivity contribution in [2.75, 3.05) is 0 Å². The van der Waals surface area contributed by atoms with Gasteiger partial charge in [-0.3, -0.25) is 4.79 Å². The molecule has 104 valence electrons. The number of fused-ring (bicyclic) bond motifs is 1. The van der Waals surface area contributed by atoms with E-state index in [2.05, 4.69) is 11.5 Å². The van der Waals surface area contributed by atoms with Crippen molar-refractivity contribution in [1.82, 2.24) is 4.57 Å². The summed E-state index contributed by atoms with van der Waals surface area (Å²) in [5, 5.41) is 1.30. The molecule has 0 amide bonds. The lowest BCUT2D eigenvalue weighted by Gasteiger charge is -2.21. The van der Waals surface area contributed by atoms with Crippen molar-refractivity contribution >= 4 is 29.0 Å². The summed E-state index contributed by atoms with van der Waals surface area (Å²) in [6.45, 7) is 2.09. The molecule has 0 fully saturated rings. The summed E-state index contributed by atoms with van der Waals surface area (Å²) in [4.78, 5) is 11.9. The van der Waals surface area contributed by atoms with Crippen LogP contribution in [-0.4, -0.2) is 10.4 Å². The molecule has 4 heteroatoms. The van der Waals surface area contributed by atoms with Crippen LogP contribution in [-0.2, 0) is 6.42 Å². The van der Waals surface area contributed by atoms with Gasteiger partial charge in [0.05, 0.1) is 6.04 Å². The number of carbonyl (C=O) groups excluding carboxylic acids is 1. The van der Waals surface area contributed by atoms with Gasteiger partial charge in [-0.2, -0.15) is 0 Å². The van der Waals surface area contributed by atoms with Gasteiger partial charge >= 0.3 is 0 Å². The number of benzene rings is 1. The van der Waals surface area contributed by atoms with E-state index in [4.69, 9.17) is 23.2 Å². The molecule has 0 spiro atoms. The summed E-state index contributed by atoms with van der Waals surface area (Å²) in [5.41, 5.74) is 3.01. The minimum Gasteiger partial charge on any atom is -0.344 e. The number of rotatable bonds is 2. The molecule has 3 rings (SSSR count). The van der Waals surface area contributed by atoms with Crippen LogP contribution in [0.5, 0.6) is 0 Å². The highest BCUT2D eigenvalue weighted by molar-refractivity contribution is 6.35. The van der Waals surface area contributed by atoms with Gasteiger partial charge in [0.15, 0.2) is 5.78 Å². The van der Waals surface area contributed by atoms with Gasteiger partial charge in [-0.25, -0.2) is 0 Å². The van der Waals surface area contributed by atoms with Crippen LogP contribution >= 0.6 is 23.2 Å². The van der Waals surface area contributed by atoms with E-state index in [1.807, 2.05) is 24.4 Å². The van der Waals surface area contributed by atoms with Crippen LogP contribution in [0.4, 0.5) is 0 Å². The lowest BCUT2D eigenvalue weighted by molar-refractivity contribution is 0.0971. The number of nitrogens with zero attached hydrogens (tertiary/aromatic N) is 1. The Kier molecular flexibility index (Phi) is 3.61. The largest absolute Gasteiger partial charge is 0.344 e. The molecule has 0 saturated carbocycles. The highest BCUT2D eigenvalue weighted by Crippen LogP contribution is 2.32. The van der Waals surface area contributed by atoms with Crippen LogP contribution in [0.15, 0.2) is 30.5 Å². The molecule has 1 aliphatic rings. The first-order valence-electron chi connectivity index (χ1n) is 6.76. The number of hydrogen-bond acceptors (Lipinski definition) is 1. The minimum atomic E-state index is 0.0921. The molecular formula is C16H15Cl2NO. The quantitative estimate of drug-likeness (QED) is 0.771. The van der Waals surface area contributed by atoms with Gasteiger partial charge in [-0.05, 0) is 43.5 Å². The van der Waals surface area contributed by atoms with Gasteiger partial charge in [-0.15, -0.1) is 0 Å². The van der Waals surface area contributed by atoms with Crippen molar-refractivity contribution in [2.45, 2.75) is 32.2 Å². The molecule has 0 aliphatic heterocycles. The van der Waals surface area contributed by atoms with E-state index < -0.39 is 0 Å². The number of halogens is 2. The van der Waals surface area contributed by atoms with Crippen LogP contribution in [0.1, 0.15) is 47.4 Å². The van der Waals surface area contributed by atoms with Crippen molar-refractivity contribution in [3.8, 4) is 0 Å². The Balaban J connectivity index is 2.03. The zero-order valence-electron chi connectivity index (χ0n) is 11.2. The zero-order chi connectivity index (χ0) is 14.3. The maximum Gasteiger partial charge on any atom is 0.164 e. The van der Waals surface area contributed by atoms with Crippen LogP contribution < -0.4 is 0 Å². The molecule has 1 atom stereocenters. The van der Waals surface area contributed by atoms with E-state index in [0.717, 1.165) is 29.7 Å². The van der Waals surface area contributed by atoms with Crippen LogP contribution in [0, 0.1) is 0 Å². The van der Waals surface area contributed by atoms with Crippen LogP contribution in [0.25, 0.3) is 0 Å². The molecule has 1 aromatic carbocycles.